The zero-order valence-corrected chi connectivity index (χ0v) is 9.77. The van der Waals surface area contributed by atoms with Gasteiger partial charge in [0.25, 0.3) is 0 Å². The second-order valence-corrected chi connectivity index (χ2v) is 5.59. The van der Waals surface area contributed by atoms with Crippen molar-refractivity contribution in [1.82, 2.24) is 0 Å². The molecule has 0 N–H and O–H groups in total. The monoisotopic (exact) mass is 202 g/mol. The van der Waals surface area contributed by atoms with E-state index in [1.807, 2.05) is 0 Å². The van der Waals surface area contributed by atoms with E-state index in [9.17, 15) is 14.0 Å². The molecule has 0 radical (unpaired) electrons. The van der Waals surface area contributed by atoms with Gasteiger partial charge in [0, 0.05) is 10.8 Å². The summed E-state index contributed by atoms with van der Waals surface area (Å²) in [5, 5.41) is 0. The van der Waals surface area contributed by atoms with Crippen molar-refractivity contribution in [2.45, 2.75) is 47.7 Å². The molecule has 0 unspecified atom stereocenters. The van der Waals surface area contributed by atoms with Crippen LogP contribution in [0, 0.1) is 10.8 Å². The third-order valence-electron chi connectivity index (χ3n) is 1.94. The SMILES string of the molecule is CC(C)(C)C(=O)C(F)C(=O)C(C)(C)C. The van der Waals surface area contributed by atoms with Gasteiger partial charge in [0.1, 0.15) is 0 Å². The molecule has 0 spiro atoms. The van der Waals surface area contributed by atoms with E-state index in [4.69, 9.17) is 0 Å². The van der Waals surface area contributed by atoms with Gasteiger partial charge in [0.05, 0.1) is 0 Å². The Labute approximate surface area is 84.9 Å². The summed E-state index contributed by atoms with van der Waals surface area (Å²) in [5.41, 5.74) is -1.61. The molecule has 0 aliphatic heterocycles. The molecule has 0 saturated carbocycles. The van der Waals surface area contributed by atoms with E-state index >= 15 is 0 Å². The highest BCUT2D eigenvalue weighted by molar-refractivity contribution is 6.08. The molecule has 0 atom stereocenters. The van der Waals surface area contributed by atoms with E-state index in [1.165, 1.54) is 0 Å². The molecule has 0 aromatic rings. The first-order valence-corrected chi connectivity index (χ1v) is 4.70. The third kappa shape index (κ3) is 3.20. The molecule has 0 heterocycles. The van der Waals surface area contributed by atoms with Gasteiger partial charge in [-0.15, -0.1) is 0 Å². The lowest BCUT2D eigenvalue weighted by Crippen LogP contribution is -2.40. The lowest BCUT2D eigenvalue weighted by atomic mass is 9.80. The maximum Gasteiger partial charge on any atom is 0.217 e. The van der Waals surface area contributed by atoms with Gasteiger partial charge >= 0.3 is 0 Å². The quantitative estimate of drug-likeness (QED) is 0.645. The van der Waals surface area contributed by atoms with Gasteiger partial charge in [0.2, 0.25) is 6.17 Å². The average Bonchev–Trinajstić information content (AvgIpc) is 1.97. The Kier molecular flexibility index (Phi) is 3.60. The molecule has 14 heavy (non-hydrogen) atoms. The van der Waals surface area contributed by atoms with Crippen molar-refractivity contribution in [1.29, 1.82) is 0 Å². The number of Topliss-reactive ketones (excluding diaryl/α,β-unsaturated/α-hetero) is 2. The van der Waals surface area contributed by atoms with E-state index in [0.717, 1.165) is 0 Å². The molecule has 0 fully saturated rings. The minimum absolute atomic E-state index is 0.641. The lowest BCUT2D eigenvalue weighted by Gasteiger charge is -2.23. The van der Waals surface area contributed by atoms with E-state index in [-0.39, 0.29) is 0 Å². The second kappa shape index (κ2) is 3.79. The number of carbonyl (C=O) groups is 2. The van der Waals surface area contributed by atoms with Crippen LogP contribution >= 0.6 is 0 Å². The lowest BCUT2D eigenvalue weighted by molar-refractivity contribution is -0.142. The van der Waals surface area contributed by atoms with Crippen molar-refractivity contribution in [2.24, 2.45) is 10.8 Å². The third-order valence-corrected chi connectivity index (χ3v) is 1.94. The summed E-state index contributed by atoms with van der Waals surface area (Å²) in [6.45, 7) is 9.65. The zero-order valence-electron chi connectivity index (χ0n) is 9.77. The van der Waals surface area contributed by atoms with Crippen molar-refractivity contribution >= 4 is 11.6 Å². The van der Waals surface area contributed by atoms with Gasteiger partial charge in [-0.2, -0.15) is 0 Å². The van der Waals surface area contributed by atoms with Gasteiger partial charge in [0.15, 0.2) is 11.6 Å². The number of rotatable bonds is 2. The summed E-state index contributed by atoms with van der Waals surface area (Å²) < 4.78 is 13.5. The molecule has 3 heteroatoms. The largest absolute Gasteiger partial charge is 0.295 e. The number of hydrogen-bond acceptors (Lipinski definition) is 2. The highest BCUT2D eigenvalue weighted by atomic mass is 19.1. The first-order valence-electron chi connectivity index (χ1n) is 4.70. The number of alkyl halides is 1. The molecule has 0 bridgehead atoms. The highest BCUT2D eigenvalue weighted by Crippen LogP contribution is 2.24. The molecule has 0 aromatic carbocycles. The van der Waals surface area contributed by atoms with E-state index in [1.54, 1.807) is 41.5 Å². The van der Waals surface area contributed by atoms with E-state index < -0.39 is 28.6 Å². The maximum atomic E-state index is 13.5. The Bertz CT molecular complexity index is 217. The zero-order chi connectivity index (χ0) is 11.7. The maximum absolute atomic E-state index is 13.5. The molecule has 0 aromatic heterocycles. The van der Waals surface area contributed by atoms with Crippen LogP contribution in [0.3, 0.4) is 0 Å². The van der Waals surface area contributed by atoms with Gasteiger partial charge in [-0.3, -0.25) is 9.59 Å². The second-order valence-electron chi connectivity index (χ2n) is 5.59. The molecule has 0 rings (SSSR count). The molecule has 0 aliphatic carbocycles. The van der Waals surface area contributed by atoms with Crippen LogP contribution in [0.25, 0.3) is 0 Å². The highest BCUT2D eigenvalue weighted by Gasteiger charge is 2.39. The Morgan fingerprint density at radius 1 is 0.857 bits per heavy atom. The van der Waals surface area contributed by atoms with E-state index in [2.05, 4.69) is 0 Å². The van der Waals surface area contributed by atoms with Crippen molar-refractivity contribution in [3.05, 3.63) is 0 Å². The summed E-state index contributed by atoms with van der Waals surface area (Å²) in [6.07, 6.45) is -1.99. The van der Waals surface area contributed by atoms with Gasteiger partial charge in [-0.05, 0) is 0 Å². The fourth-order valence-corrected chi connectivity index (χ4v) is 0.879. The normalized spacial score (nSPS) is 13.1. The van der Waals surface area contributed by atoms with Crippen LogP contribution < -0.4 is 0 Å². The van der Waals surface area contributed by atoms with E-state index in [0.29, 0.717) is 0 Å². The minimum atomic E-state index is -1.99. The van der Waals surface area contributed by atoms with Crippen LogP contribution in [-0.4, -0.2) is 17.7 Å². The molecule has 2 nitrogen and oxygen atoms in total. The fourth-order valence-electron chi connectivity index (χ4n) is 0.879. The number of carbonyl (C=O) groups excluding carboxylic acids is 2. The van der Waals surface area contributed by atoms with Gasteiger partial charge < -0.3 is 0 Å². The molecular weight excluding hydrogens is 183 g/mol. The Balaban J connectivity index is 4.74. The van der Waals surface area contributed by atoms with Crippen LogP contribution in [0.4, 0.5) is 4.39 Å². The van der Waals surface area contributed by atoms with Crippen LogP contribution in [0.1, 0.15) is 41.5 Å². The van der Waals surface area contributed by atoms with Crippen LogP contribution in [0.2, 0.25) is 0 Å². The van der Waals surface area contributed by atoms with Gasteiger partial charge in [-0.25, -0.2) is 4.39 Å². The number of ketones is 2. The molecule has 0 saturated heterocycles. The van der Waals surface area contributed by atoms with Crippen molar-refractivity contribution in [3.8, 4) is 0 Å². The summed E-state index contributed by atoms with van der Waals surface area (Å²) in [7, 11) is 0. The first-order chi connectivity index (χ1) is 5.98. The summed E-state index contributed by atoms with van der Waals surface area (Å²) in [6, 6.07) is 0. The van der Waals surface area contributed by atoms with Crippen LogP contribution in [0.5, 0.6) is 0 Å². The molecule has 82 valence electrons. The van der Waals surface area contributed by atoms with Crippen LogP contribution in [0.15, 0.2) is 0 Å². The predicted octanol–water partition coefficient (Wildman–Crippen LogP) is 2.55. The first kappa shape index (κ1) is 13.3. The Morgan fingerprint density at radius 2 is 1.07 bits per heavy atom. The Morgan fingerprint density at radius 3 is 1.21 bits per heavy atom. The van der Waals surface area contributed by atoms with Crippen molar-refractivity contribution in [2.75, 3.05) is 0 Å². The predicted molar refractivity (Wildman–Crippen MR) is 53.8 cm³/mol. The molecular formula is C11H19FO2. The smallest absolute Gasteiger partial charge is 0.217 e. The number of hydrogen-bond donors (Lipinski definition) is 0. The minimum Gasteiger partial charge on any atom is -0.295 e. The summed E-state index contributed by atoms with van der Waals surface area (Å²) in [5.74, 6) is -1.28. The fraction of sp³-hybridized carbons (Fsp3) is 0.818. The van der Waals surface area contributed by atoms with Crippen molar-refractivity contribution < 1.29 is 14.0 Å². The summed E-state index contributed by atoms with van der Waals surface area (Å²) in [4.78, 5) is 22.9. The Hall–Kier alpha value is -0.730. The number of halogens is 1. The summed E-state index contributed by atoms with van der Waals surface area (Å²) >= 11 is 0. The standard InChI is InChI=1S/C11H19FO2/c1-10(2,3)8(13)7(12)9(14)11(4,5)6/h7H,1-6H3. The topological polar surface area (TPSA) is 34.1 Å². The average molecular weight is 202 g/mol. The molecule has 0 amide bonds. The van der Waals surface area contributed by atoms with Crippen molar-refractivity contribution in [3.63, 3.8) is 0 Å². The van der Waals surface area contributed by atoms with Gasteiger partial charge in [-0.1, -0.05) is 41.5 Å². The molecule has 0 aliphatic rings. The van der Waals surface area contributed by atoms with Crippen LogP contribution in [-0.2, 0) is 9.59 Å².